The van der Waals surface area contributed by atoms with E-state index in [0.29, 0.717) is 17.9 Å². The van der Waals surface area contributed by atoms with Gasteiger partial charge in [-0.3, -0.25) is 14.9 Å². The van der Waals surface area contributed by atoms with Gasteiger partial charge >= 0.3 is 0 Å². The molecule has 0 radical (unpaired) electrons. The highest BCUT2D eigenvalue weighted by atomic mass is 16.6. The molecule has 3 rings (SSSR count). The zero-order chi connectivity index (χ0) is 20.1. The summed E-state index contributed by atoms with van der Waals surface area (Å²) < 4.78 is 1.46. The molecule has 1 aromatic heterocycles. The molecule has 0 saturated carbocycles. The van der Waals surface area contributed by atoms with Crippen molar-refractivity contribution in [1.29, 1.82) is 0 Å². The minimum Gasteiger partial charge on any atom is -0.334 e. The molecule has 144 valence electrons. The van der Waals surface area contributed by atoms with E-state index in [1.807, 2.05) is 44.2 Å². The SMILES string of the molecule is CC(C)N(Cc1ccccc1)C(=O)Cn1cnc(-c2cccc([N+](=O)[O-])c2)n1. The minimum atomic E-state index is -0.464. The maximum atomic E-state index is 12.8. The summed E-state index contributed by atoms with van der Waals surface area (Å²) in [6.07, 6.45) is 1.47. The van der Waals surface area contributed by atoms with E-state index < -0.39 is 4.92 Å². The molecule has 2 aromatic carbocycles. The van der Waals surface area contributed by atoms with Crippen LogP contribution in [-0.4, -0.2) is 36.5 Å². The van der Waals surface area contributed by atoms with Gasteiger partial charge in [0.05, 0.1) is 4.92 Å². The van der Waals surface area contributed by atoms with Gasteiger partial charge in [-0.1, -0.05) is 42.5 Å². The lowest BCUT2D eigenvalue weighted by atomic mass is 10.2. The van der Waals surface area contributed by atoms with Crippen molar-refractivity contribution >= 4 is 11.6 Å². The van der Waals surface area contributed by atoms with Crippen LogP contribution in [0.4, 0.5) is 5.69 Å². The number of hydrogen-bond donors (Lipinski definition) is 0. The van der Waals surface area contributed by atoms with Gasteiger partial charge in [0.15, 0.2) is 5.82 Å². The van der Waals surface area contributed by atoms with Crippen molar-refractivity contribution in [1.82, 2.24) is 19.7 Å². The Morgan fingerprint density at radius 2 is 1.93 bits per heavy atom. The number of nitrogens with zero attached hydrogens (tertiary/aromatic N) is 5. The lowest BCUT2D eigenvalue weighted by molar-refractivity contribution is -0.384. The van der Waals surface area contributed by atoms with Crippen molar-refractivity contribution in [3.05, 3.63) is 76.6 Å². The molecule has 0 atom stereocenters. The fourth-order valence-corrected chi connectivity index (χ4v) is 2.83. The number of amides is 1. The quantitative estimate of drug-likeness (QED) is 0.464. The van der Waals surface area contributed by atoms with Crippen molar-refractivity contribution in [3.63, 3.8) is 0 Å². The third-order valence-corrected chi connectivity index (χ3v) is 4.29. The fourth-order valence-electron chi connectivity index (χ4n) is 2.83. The first-order valence-electron chi connectivity index (χ1n) is 8.91. The average Bonchev–Trinajstić information content (AvgIpc) is 3.15. The third-order valence-electron chi connectivity index (χ3n) is 4.29. The van der Waals surface area contributed by atoms with Crippen molar-refractivity contribution in [3.8, 4) is 11.4 Å². The van der Waals surface area contributed by atoms with Crippen LogP contribution in [0.2, 0.25) is 0 Å². The zero-order valence-corrected chi connectivity index (χ0v) is 15.7. The lowest BCUT2D eigenvalue weighted by Gasteiger charge is -2.26. The highest BCUT2D eigenvalue weighted by Gasteiger charge is 2.19. The molecular weight excluding hydrogens is 358 g/mol. The summed E-state index contributed by atoms with van der Waals surface area (Å²) >= 11 is 0. The van der Waals surface area contributed by atoms with Gasteiger partial charge in [-0.2, -0.15) is 5.10 Å². The Kier molecular flexibility index (Phi) is 5.78. The first kappa shape index (κ1) is 19.2. The second kappa shape index (κ2) is 8.43. The molecule has 0 saturated heterocycles. The van der Waals surface area contributed by atoms with E-state index in [2.05, 4.69) is 10.1 Å². The molecule has 0 aliphatic carbocycles. The predicted octanol–water partition coefficient (Wildman–Crippen LogP) is 3.29. The van der Waals surface area contributed by atoms with E-state index in [1.165, 1.54) is 23.1 Å². The standard InChI is InChI=1S/C20H21N5O3/c1-15(2)24(12-16-7-4-3-5-8-16)19(26)13-23-14-21-20(22-23)17-9-6-10-18(11-17)25(27)28/h3-11,14-15H,12-13H2,1-2H3. The number of non-ortho nitro benzene ring substituents is 1. The first-order valence-corrected chi connectivity index (χ1v) is 8.91. The van der Waals surface area contributed by atoms with Crippen molar-refractivity contribution in [2.75, 3.05) is 0 Å². The predicted molar refractivity (Wildman–Crippen MR) is 104 cm³/mol. The van der Waals surface area contributed by atoms with Crippen LogP contribution in [-0.2, 0) is 17.9 Å². The molecule has 3 aromatic rings. The van der Waals surface area contributed by atoms with E-state index in [0.717, 1.165) is 5.56 Å². The third kappa shape index (κ3) is 4.59. The van der Waals surface area contributed by atoms with Crippen LogP contribution < -0.4 is 0 Å². The molecule has 1 heterocycles. The zero-order valence-electron chi connectivity index (χ0n) is 15.7. The van der Waals surface area contributed by atoms with Gasteiger partial charge in [-0.15, -0.1) is 0 Å². The van der Waals surface area contributed by atoms with Crippen molar-refractivity contribution < 1.29 is 9.72 Å². The maximum absolute atomic E-state index is 12.8. The summed E-state index contributed by atoms with van der Waals surface area (Å²) in [6, 6.07) is 15.9. The van der Waals surface area contributed by atoms with Gasteiger partial charge in [-0.05, 0) is 19.4 Å². The first-order chi connectivity index (χ1) is 13.4. The monoisotopic (exact) mass is 379 g/mol. The highest BCUT2D eigenvalue weighted by Crippen LogP contribution is 2.20. The average molecular weight is 379 g/mol. The van der Waals surface area contributed by atoms with Crippen molar-refractivity contribution in [2.24, 2.45) is 0 Å². The van der Waals surface area contributed by atoms with Gasteiger partial charge in [0.1, 0.15) is 12.9 Å². The largest absolute Gasteiger partial charge is 0.334 e. The van der Waals surface area contributed by atoms with Gasteiger partial charge in [-0.25, -0.2) is 9.67 Å². The summed E-state index contributed by atoms with van der Waals surface area (Å²) in [5.74, 6) is 0.269. The number of aromatic nitrogens is 3. The van der Waals surface area contributed by atoms with Crippen molar-refractivity contribution in [2.45, 2.75) is 33.0 Å². The molecule has 0 fully saturated rings. The second-order valence-electron chi connectivity index (χ2n) is 6.67. The van der Waals surface area contributed by atoms with E-state index in [-0.39, 0.29) is 24.2 Å². The van der Waals surface area contributed by atoms with Crippen LogP contribution in [0.5, 0.6) is 0 Å². The maximum Gasteiger partial charge on any atom is 0.270 e. The molecule has 8 nitrogen and oxygen atoms in total. The fraction of sp³-hybridized carbons (Fsp3) is 0.250. The smallest absolute Gasteiger partial charge is 0.270 e. The van der Waals surface area contributed by atoms with Crippen LogP contribution in [0.1, 0.15) is 19.4 Å². The minimum absolute atomic E-state index is 0.0289. The molecule has 28 heavy (non-hydrogen) atoms. The lowest BCUT2D eigenvalue weighted by Crippen LogP contribution is -2.38. The van der Waals surface area contributed by atoms with Crippen LogP contribution in [0, 0.1) is 10.1 Å². The van der Waals surface area contributed by atoms with Gasteiger partial charge in [0.2, 0.25) is 5.91 Å². The number of rotatable bonds is 7. The summed E-state index contributed by atoms with van der Waals surface area (Å²) in [6.45, 7) is 4.50. The number of nitro groups is 1. The highest BCUT2D eigenvalue weighted by molar-refractivity contribution is 5.76. The Labute approximate surface area is 162 Å². The summed E-state index contributed by atoms with van der Waals surface area (Å²) in [5.41, 5.74) is 1.56. The molecular formula is C20H21N5O3. The molecule has 1 amide bonds. The molecule has 0 bridgehead atoms. The molecule has 0 aliphatic rings. The molecule has 0 unspecified atom stereocenters. The Morgan fingerprint density at radius 3 is 2.61 bits per heavy atom. The Bertz CT molecular complexity index is 969. The topological polar surface area (TPSA) is 94.2 Å². The van der Waals surface area contributed by atoms with Crippen LogP contribution in [0.25, 0.3) is 11.4 Å². The van der Waals surface area contributed by atoms with Gasteiger partial charge < -0.3 is 4.90 Å². The summed E-state index contributed by atoms with van der Waals surface area (Å²) in [4.78, 5) is 29.2. The van der Waals surface area contributed by atoms with Crippen LogP contribution >= 0.6 is 0 Å². The number of hydrogen-bond acceptors (Lipinski definition) is 5. The molecule has 0 N–H and O–H groups in total. The molecule has 0 spiro atoms. The van der Waals surface area contributed by atoms with Gasteiger partial charge in [0.25, 0.3) is 5.69 Å². The number of carbonyl (C=O) groups is 1. The van der Waals surface area contributed by atoms with Gasteiger partial charge in [0, 0.05) is 30.3 Å². The van der Waals surface area contributed by atoms with Crippen LogP contribution in [0.15, 0.2) is 60.9 Å². The normalized spacial score (nSPS) is 10.8. The Hall–Kier alpha value is -3.55. The number of benzene rings is 2. The summed E-state index contributed by atoms with van der Waals surface area (Å²) in [7, 11) is 0. The van der Waals surface area contributed by atoms with E-state index >= 15 is 0 Å². The van der Waals surface area contributed by atoms with E-state index in [9.17, 15) is 14.9 Å². The number of carbonyl (C=O) groups excluding carboxylic acids is 1. The second-order valence-corrected chi connectivity index (χ2v) is 6.67. The Balaban J connectivity index is 1.73. The Morgan fingerprint density at radius 1 is 1.18 bits per heavy atom. The van der Waals surface area contributed by atoms with E-state index in [4.69, 9.17) is 0 Å². The van der Waals surface area contributed by atoms with E-state index in [1.54, 1.807) is 17.0 Å². The summed E-state index contributed by atoms with van der Waals surface area (Å²) in [5, 5.41) is 15.2. The molecule has 0 aliphatic heterocycles. The van der Waals surface area contributed by atoms with Crippen LogP contribution in [0.3, 0.4) is 0 Å². The number of nitro benzene ring substituents is 1. The molecule has 8 heteroatoms.